The van der Waals surface area contributed by atoms with Crippen LogP contribution in [0.5, 0.6) is 0 Å². The molecule has 120 valence electrons. The summed E-state index contributed by atoms with van der Waals surface area (Å²) in [5.41, 5.74) is 5.16. The van der Waals surface area contributed by atoms with Gasteiger partial charge in [0.05, 0.1) is 0 Å². The van der Waals surface area contributed by atoms with E-state index < -0.39 is 8.24 Å². The third-order valence-electron chi connectivity index (χ3n) is 5.31. The Morgan fingerprint density at radius 1 is 1.00 bits per heavy atom. The molecule has 2 aromatic rings. The summed E-state index contributed by atoms with van der Waals surface area (Å²) in [6, 6.07) is 6.45. The normalized spacial score (nSPS) is 12.8. The highest BCUT2D eigenvalue weighted by Gasteiger charge is 2.45. The van der Waals surface area contributed by atoms with Crippen LogP contribution in [0.2, 0.25) is 16.6 Å². The summed E-state index contributed by atoms with van der Waals surface area (Å²) in [5.74, 6) is 0. The summed E-state index contributed by atoms with van der Waals surface area (Å²) in [7, 11) is -1.83. The molecule has 2 rings (SSSR count). The largest absolute Gasteiger partial charge is 0.373 e. The summed E-state index contributed by atoms with van der Waals surface area (Å²) in [4.78, 5) is 11.6. The fraction of sp³-hybridized carbons (Fsp3) is 0.526. The van der Waals surface area contributed by atoms with Gasteiger partial charge in [0.25, 0.3) is 0 Å². The molecule has 0 aliphatic heterocycles. The van der Waals surface area contributed by atoms with Crippen LogP contribution in [0.3, 0.4) is 0 Å². The topological polar surface area (TPSA) is 22.0 Å². The van der Waals surface area contributed by atoms with Crippen LogP contribution in [-0.4, -0.2) is 18.8 Å². The van der Waals surface area contributed by atoms with Gasteiger partial charge in [0.2, 0.25) is 0 Å². The van der Waals surface area contributed by atoms with Crippen molar-refractivity contribution >= 4 is 25.4 Å². The quantitative estimate of drug-likeness (QED) is 0.506. The average Bonchev–Trinajstić information content (AvgIpc) is 2.76. The molecule has 0 amide bonds. The number of fused-ring (bicyclic) bond motifs is 1. The first kappa shape index (κ1) is 17.0. The maximum atomic E-state index is 11.6. The number of hydrogen-bond acceptors (Lipinski definition) is 1. The average molecular weight is 316 g/mol. The van der Waals surface area contributed by atoms with Gasteiger partial charge in [-0.3, -0.25) is 4.79 Å². The Balaban J connectivity index is 2.91. The Kier molecular flexibility index (Phi) is 4.66. The fourth-order valence-corrected chi connectivity index (χ4v) is 11.2. The Bertz CT molecular complexity index is 660. The minimum absolute atomic E-state index is 0.614. The van der Waals surface area contributed by atoms with Crippen molar-refractivity contribution in [2.24, 2.45) is 0 Å². The van der Waals surface area contributed by atoms with Crippen molar-refractivity contribution in [3.63, 3.8) is 0 Å². The number of nitrogens with zero attached hydrogens (tertiary/aromatic N) is 1. The van der Waals surface area contributed by atoms with Crippen LogP contribution in [-0.2, 0) is 0 Å². The summed E-state index contributed by atoms with van der Waals surface area (Å²) >= 11 is 0. The summed E-state index contributed by atoms with van der Waals surface area (Å²) in [6.45, 7) is 16.3. The minimum Gasteiger partial charge on any atom is -0.373 e. The lowest BCUT2D eigenvalue weighted by Gasteiger charge is -2.44. The Hall–Kier alpha value is -1.35. The maximum Gasteiger partial charge on any atom is 0.169 e. The molecule has 22 heavy (non-hydrogen) atoms. The van der Waals surface area contributed by atoms with E-state index in [1.807, 2.05) is 0 Å². The van der Waals surface area contributed by atoms with Gasteiger partial charge in [0.15, 0.2) is 14.5 Å². The van der Waals surface area contributed by atoms with Crippen LogP contribution >= 0.6 is 0 Å². The number of carbonyl (C=O) groups excluding carboxylic acids is 1. The molecular formula is C19H29NOSi. The number of carbonyl (C=O) groups is 1. The minimum atomic E-state index is -1.83. The summed E-state index contributed by atoms with van der Waals surface area (Å²) < 4.78 is 2.53. The summed E-state index contributed by atoms with van der Waals surface area (Å²) in [5, 5.41) is 1.10. The van der Waals surface area contributed by atoms with E-state index in [2.05, 4.69) is 77.1 Å². The molecule has 0 spiro atoms. The molecule has 0 fully saturated rings. The lowest BCUT2D eigenvalue weighted by molar-refractivity contribution is 0.112. The molecule has 0 saturated carbocycles. The number of hydrogen-bond donors (Lipinski definition) is 0. The first-order valence-corrected chi connectivity index (χ1v) is 10.5. The van der Waals surface area contributed by atoms with Gasteiger partial charge in [0, 0.05) is 22.7 Å². The molecule has 0 radical (unpaired) electrons. The van der Waals surface area contributed by atoms with Gasteiger partial charge in [-0.15, -0.1) is 0 Å². The van der Waals surface area contributed by atoms with Gasteiger partial charge in [-0.25, -0.2) is 0 Å². The van der Waals surface area contributed by atoms with Gasteiger partial charge >= 0.3 is 0 Å². The number of aromatic nitrogens is 1. The van der Waals surface area contributed by atoms with Crippen molar-refractivity contribution in [2.75, 3.05) is 0 Å². The molecule has 0 atom stereocenters. The highest BCUT2D eigenvalue weighted by Crippen LogP contribution is 2.44. The third-order valence-corrected chi connectivity index (χ3v) is 12.1. The van der Waals surface area contributed by atoms with Crippen molar-refractivity contribution in [1.29, 1.82) is 0 Å². The monoisotopic (exact) mass is 315 g/mol. The van der Waals surface area contributed by atoms with Crippen molar-refractivity contribution in [1.82, 2.24) is 4.23 Å². The standard InChI is InChI=1S/C19H29NOSi/c1-13(2)22(14(3)4,15(5)6)20-11-17(12-21)18-9-8-16(7)10-19(18)20/h8-15H,1-7H3. The van der Waals surface area contributed by atoms with Gasteiger partial charge in [-0.05, 0) is 35.2 Å². The van der Waals surface area contributed by atoms with E-state index in [-0.39, 0.29) is 0 Å². The van der Waals surface area contributed by atoms with Crippen molar-refractivity contribution in [2.45, 2.75) is 65.1 Å². The molecule has 3 heteroatoms. The Labute approximate surface area is 135 Å². The van der Waals surface area contributed by atoms with E-state index in [1.165, 1.54) is 11.1 Å². The van der Waals surface area contributed by atoms with E-state index in [0.29, 0.717) is 16.6 Å². The first-order valence-electron chi connectivity index (χ1n) is 8.34. The highest BCUT2D eigenvalue weighted by molar-refractivity contribution is 6.82. The van der Waals surface area contributed by atoms with Crippen LogP contribution in [0.15, 0.2) is 24.4 Å². The van der Waals surface area contributed by atoms with E-state index >= 15 is 0 Å². The number of aryl methyl sites for hydroxylation is 1. The molecule has 2 nitrogen and oxygen atoms in total. The fourth-order valence-electron chi connectivity index (χ4n) is 4.61. The van der Waals surface area contributed by atoms with Crippen LogP contribution in [0, 0.1) is 6.92 Å². The predicted molar refractivity (Wildman–Crippen MR) is 98.5 cm³/mol. The van der Waals surface area contributed by atoms with E-state index in [0.717, 1.165) is 17.2 Å². The molecule has 0 aliphatic carbocycles. The molecule has 1 aromatic heterocycles. The molecule has 0 saturated heterocycles. The zero-order valence-electron chi connectivity index (χ0n) is 15.0. The van der Waals surface area contributed by atoms with Crippen molar-refractivity contribution in [3.8, 4) is 0 Å². The van der Waals surface area contributed by atoms with Crippen LogP contribution in [0.1, 0.15) is 57.5 Å². The number of rotatable bonds is 5. The smallest absolute Gasteiger partial charge is 0.169 e. The van der Waals surface area contributed by atoms with Gasteiger partial charge < -0.3 is 4.23 Å². The highest BCUT2D eigenvalue weighted by atomic mass is 28.3. The molecule has 1 heterocycles. The Morgan fingerprint density at radius 2 is 1.55 bits per heavy atom. The molecular weight excluding hydrogens is 286 g/mol. The number of benzene rings is 1. The third kappa shape index (κ3) is 2.36. The second kappa shape index (κ2) is 6.03. The maximum absolute atomic E-state index is 11.6. The SMILES string of the molecule is Cc1ccc2c(C=O)cn([Si](C(C)C)(C(C)C)C(C)C)c2c1. The predicted octanol–water partition coefficient (Wildman–Crippen LogP) is 5.79. The van der Waals surface area contributed by atoms with E-state index in [4.69, 9.17) is 0 Å². The van der Waals surface area contributed by atoms with Crippen LogP contribution < -0.4 is 0 Å². The van der Waals surface area contributed by atoms with Crippen molar-refractivity contribution < 1.29 is 4.79 Å². The zero-order valence-corrected chi connectivity index (χ0v) is 16.0. The van der Waals surface area contributed by atoms with Crippen LogP contribution in [0.25, 0.3) is 10.9 Å². The second-order valence-electron chi connectivity index (χ2n) is 7.44. The van der Waals surface area contributed by atoms with Crippen LogP contribution in [0.4, 0.5) is 0 Å². The molecule has 0 bridgehead atoms. The molecule has 1 aromatic carbocycles. The zero-order chi connectivity index (χ0) is 16.7. The van der Waals surface area contributed by atoms with E-state index in [9.17, 15) is 4.79 Å². The van der Waals surface area contributed by atoms with Gasteiger partial charge in [0.1, 0.15) is 0 Å². The molecule has 0 N–H and O–H groups in total. The second-order valence-corrected chi connectivity index (χ2v) is 13.2. The molecule has 0 unspecified atom stereocenters. The van der Waals surface area contributed by atoms with E-state index in [1.54, 1.807) is 0 Å². The Morgan fingerprint density at radius 3 is 2.00 bits per heavy atom. The first-order chi connectivity index (χ1) is 10.3. The molecule has 0 aliphatic rings. The number of aldehydes is 1. The summed E-state index contributed by atoms with van der Waals surface area (Å²) in [6.07, 6.45) is 3.14. The van der Waals surface area contributed by atoms with Gasteiger partial charge in [-0.1, -0.05) is 53.7 Å². The van der Waals surface area contributed by atoms with Crippen molar-refractivity contribution in [3.05, 3.63) is 35.5 Å². The van der Waals surface area contributed by atoms with Gasteiger partial charge in [-0.2, -0.15) is 0 Å². The lowest BCUT2D eigenvalue weighted by Crippen LogP contribution is -2.51. The lowest BCUT2D eigenvalue weighted by atomic mass is 10.1.